The van der Waals surface area contributed by atoms with Crippen molar-refractivity contribution in [2.24, 2.45) is 5.18 Å². The molecule has 0 aromatic heterocycles. The molecule has 0 radical (unpaired) electrons. The fourth-order valence-corrected chi connectivity index (χ4v) is 0.768. The third-order valence-corrected chi connectivity index (χ3v) is 1.31. The molecular formula is C6H4FNOS. The minimum atomic E-state index is -0.618. The van der Waals surface area contributed by atoms with Gasteiger partial charge in [0.05, 0.1) is 0 Å². The number of hydrogen-bond donors (Lipinski definition) is 1. The fraction of sp³-hybridized carbons (Fsp3) is 0. The van der Waals surface area contributed by atoms with E-state index in [1.807, 2.05) is 0 Å². The summed E-state index contributed by atoms with van der Waals surface area (Å²) >= 11 is 3.89. The second kappa shape index (κ2) is 2.79. The van der Waals surface area contributed by atoms with Crippen molar-refractivity contribution in [3.05, 3.63) is 28.9 Å². The van der Waals surface area contributed by atoms with E-state index in [2.05, 4.69) is 17.8 Å². The molecule has 0 aliphatic heterocycles. The minimum Gasteiger partial charge on any atom is -0.204 e. The first-order valence-corrected chi connectivity index (χ1v) is 3.00. The molecule has 0 unspecified atom stereocenters. The van der Waals surface area contributed by atoms with Gasteiger partial charge in [0.15, 0.2) is 5.82 Å². The molecule has 0 aliphatic carbocycles. The number of halogens is 1. The van der Waals surface area contributed by atoms with Gasteiger partial charge in [0.2, 0.25) is 0 Å². The predicted molar refractivity (Wildman–Crippen MR) is 39.1 cm³/mol. The smallest absolute Gasteiger partial charge is 0.152 e. The van der Waals surface area contributed by atoms with Crippen LogP contribution >= 0.6 is 12.6 Å². The van der Waals surface area contributed by atoms with E-state index in [-0.39, 0.29) is 5.69 Å². The number of benzene rings is 1. The normalized spacial score (nSPS) is 9.40. The van der Waals surface area contributed by atoms with Crippen molar-refractivity contribution < 1.29 is 4.39 Å². The minimum absolute atomic E-state index is 0.201. The van der Waals surface area contributed by atoms with E-state index in [9.17, 15) is 9.30 Å². The summed E-state index contributed by atoms with van der Waals surface area (Å²) in [5, 5.41) is 2.46. The summed E-state index contributed by atoms with van der Waals surface area (Å²) < 4.78 is 12.4. The molecule has 0 fully saturated rings. The first-order chi connectivity index (χ1) is 4.74. The lowest BCUT2D eigenvalue weighted by Crippen LogP contribution is -1.73. The van der Waals surface area contributed by atoms with Crippen LogP contribution < -0.4 is 0 Å². The van der Waals surface area contributed by atoms with Crippen LogP contribution in [0.25, 0.3) is 0 Å². The van der Waals surface area contributed by atoms with E-state index in [0.717, 1.165) is 6.07 Å². The van der Waals surface area contributed by atoms with E-state index in [0.29, 0.717) is 4.90 Å². The standard InChI is InChI=1S/C6H4FNOS/c7-5-2-1-4(10)3-6(5)8-9/h1-3,10H. The molecule has 0 aliphatic rings. The molecule has 4 heteroatoms. The van der Waals surface area contributed by atoms with Crippen LogP contribution in [-0.4, -0.2) is 0 Å². The number of nitrogens with zero attached hydrogens (tertiary/aromatic N) is 1. The Kier molecular flexibility index (Phi) is 2.01. The molecule has 2 nitrogen and oxygen atoms in total. The average molecular weight is 157 g/mol. The zero-order valence-corrected chi connectivity index (χ0v) is 5.81. The lowest BCUT2D eigenvalue weighted by atomic mass is 10.3. The van der Waals surface area contributed by atoms with Crippen molar-refractivity contribution in [1.29, 1.82) is 0 Å². The molecule has 0 heterocycles. The van der Waals surface area contributed by atoms with Crippen LogP contribution in [0, 0.1) is 10.7 Å². The van der Waals surface area contributed by atoms with Crippen LogP contribution in [-0.2, 0) is 0 Å². The number of hydrogen-bond acceptors (Lipinski definition) is 3. The maximum Gasteiger partial charge on any atom is 0.152 e. The first-order valence-electron chi connectivity index (χ1n) is 2.56. The molecule has 1 aromatic rings. The summed E-state index contributed by atoms with van der Waals surface area (Å²) in [6.07, 6.45) is 0. The van der Waals surface area contributed by atoms with Crippen LogP contribution in [0.3, 0.4) is 0 Å². The molecular weight excluding hydrogens is 153 g/mol. The molecule has 0 N–H and O–H groups in total. The van der Waals surface area contributed by atoms with Crippen molar-refractivity contribution >= 4 is 18.3 Å². The van der Waals surface area contributed by atoms with Gasteiger partial charge in [-0.25, -0.2) is 4.39 Å². The summed E-state index contributed by atoms with van der Waals surface area (Å²) in [4.78, 5) is 10.4. The van der Waals surface area contributed by atoms with Crippen molar-refractivity contribution in [1.82, 2.24) is 0 Å². The Balaban J connectivity index is 3.21. The highest BCUT2D eigenvalue weighted by molar-refractivity contribution is 7.80. The van der Waals surface area contributed by atoms with Gasteiger partial charge in [0.1, 0.15) is 5.69 Å². The zero-order chi connectivity index (χ0) is 7.56. The third-order valence-electron chi connectivity index (χ3n) is 1.03. The monoisotopic (exact) mass is 157 g/mol. The van der Waals surface area contributed by atoms with Crippen molar-refractivity contribution in [3.63, 3.8) is 0 Å². The summed E-state index contributed by atoms with van der Waals surface area (Å²) in [6.45, 7) is 0. The number of thiol groups is 1. The summed E-state index contributed by atoms with van der Waals surface area (Å²) in [7, 11) is 0. The van der Waals surface area contributed by atoms with E-state index < -0.39 is 5.82 Å². The van der Waals surface area contributed by atoms with E-state index in [4.69, 9.17) is 0 Å². The highest BCUT2D eigenvalue weighted by Crippen LogP contribution is 2.20. The van der Waals surface area contributed by atoms with Gasteiger partial charge in [-0.15, -0.1) is 17.5 Å². The van der Waals surface area contributed by atoms with Gasteiger partial charge in [0, 0.05) is 4.90 Å². The van der Waals surface area contributed by atoms with Gasteiger partial charge in [-0.1, -0.05) is 0 Å². The Morgan fingerprint density at radius 3 is 2.70 bits per heavy atom. The molecule has 52 valence electrons. The molecule has 10 heavy (non-hydrogen) atoms. The largest absolute Gasteiger partial charge is 0.204 e. The highest BCUT2D eigenvalue weighted by Gasteiger charge is 2.00. The lowest BCUT2D eigenvalue weighted by Gasteiger charge is -1.92. The first kappa shape index (κ1) is 7.21. The molecule has 0 atom stereocenters. The highest BCUT2D eigenvalue weighted by atomic mass is 32.1. The summed E-state index contributed by atoms with van der Waals surface area (Å²) in [6, 6.07) is 3.87. The van der Waals surface area contributed by atoms with E-state index in [1.54, 1.807) is 0 Å². The van der Waals surface area contributed by atoms with Crippen LogP contribution in [0.2, 0.25) is 0 Å². The molecule has 0 saturated carbocycles. The Morgan fingerprint density at radius 2 is 2.20 bits per heavy atom. The fourth-order valence-electron chi connectivity index (χ4n) is 0.571. The van der Waals surface area contributed by atoms with Crippen molar-refractivity contribution in [2.45, 2.75) is 4.90 Å². The Labute approximate surface area is 62.4 Å². The third kappa shape index (κ3) is 1.33. The Morgan fingerprint density at radius 1 is 1.50 bits per heavy atom. The molecule has 0 bridgehead atoms. The van der Waals surface area contributed by atoms with Crippen LogP contribution in [0.15, 0.2) is 28.3 Å². The van der Waals surface area contributed by atoms with Crippen LogP contribution in [0.4, 0.5) is 10.1 Å². The quantitative estimate of drug-likeness (QED) is 0.492. The summed E-state index contributed by atoms with van der Waals surface area (Å²) in [5.41, 5.74) is -0.201. The van der Waals surface area contributed by atoms with Crippen LogP contribution in [0.5, 0.6) is 0 Å². The number of rotatable bonds is 1. The summed E-state index contributed by atoms with van der Waals surface area (Å²) in [5.74, 6) is -0.618. The topological polar surface area (TPSA) is 29.4 Å². The van der Waals surface area contributed by atoms with Crippen molar-refractivity contribution in [2.75, 3.05) is 0 Å². The average Bonchev–Trinajstić information content (AvgIpc) is 1.94. The molecule has 1 aromatic carbocycles. The van der Waals surface area contributed by atoms with Gasteiger partial charge >= 0.3 is 0 Å². The maximum absolute atomic E-state index is 12.4. The van der Waals surface area contributed by atoms with Crippen LogP contribution in [0.1, 0.15) is 0 Å². The molecule has 0 spiro atoms. The Hall–Kier alpha value is -0.900. The molecule has 0 amide bonds. The molecule has 0 saturated heterocycles. The molecule has 1 rings (SSSR count). The lowest BCUT2D eigenvalue weighted by molar-refractivity contribution is 0.628. The van der Waals surface area contributed by atoms with Gasteiger partial charge in [-0.3, -0.25) is 0 Å². The SMILES string of the molecule is O=Nc1cc(S)ccc1F. The van der Waals surface area contributed by atoms with Gasteiger partial charge < -0.3 is 0 Å². The van der Waals surface area contributed by atoms with E-state index >= 15 is 0 Å². The second-order valence-electron chi connectivity index (χ2n) is 1.73. The Bertz CT molecular complexity index is 264. The van der Waals surface area contributed by atoms with Gasteiger partial charge in [-0.2, -0.15) is 0 Å². The zero-order valence-electron chi connectivity index (χ0n) is 4.91. The maximum atomic E-state index is 12.4. The van der Waals surface area contributed by atoms with Gasteiger partial charge in [-0.05, 0) is 23.4 Å². The second-order valence-corrected chi connectivity index (χ2v) is 2.24. The van der Waals surface area contributed by atoms with E-state index in [1.165, 1.54) is 12.1 Å². The van der Waals surface area contributed by atoms with Crippen molar-refractivity contribution in [3.8, 4) is 0 Å². The van der Waals surface area contributed by atoms with Gasteiger partial charge in [0.25, 0.3) is 0 Å². The number of nitroso groups, excluding NO2 is 1. The predicted octanol–water partition coefficient (Wildman–Crippen LogP) is 2.51.